The molecule has 0 rings (SSSR count). The van der Waals surface area contributed by atoms with Crippen LogP contribution in [0.2, 0.25) is 0 Å². The second kappa shape index (κ2) is 19.6. The predicted octanol–water partition coefficient (Wildman–Crippen LogP) is 0.283. The molecule has 0 aliphatic rings. The van der Waals surface area contributed by atoms with E-state index in [4.69, 9.17) is 0 Å². The maximum absolute atomic E-state index is 2.75. The quantitative estimate of drug-likeness (QED) is 0.488. The van der Waals surface area contributed by atoms with Crippen molar-refractivity contribution in [1.82, 2.24) is 5.32 Å². The second-order valence-corrected chi connectivity index (χ2v) is 0.500. The molecule has 0 aromatic heterocycles. The minimum Gasteiger partial charge on any atom is -0.358 e. The van der Waals surface area contributed by atoms with Gasteiger partial charge in [-0.1, -0.05) is 0 Å². The molecule has 0 aliphatic carbocycles. The standard InChI is InChI=1S/C2H7N.CH3.Y/c1-3-2;;/h3H,1-2H3;1H3;/q;-1;. The summed E-state index contributed by atoms with van der Waals surface area (Å²) >= 11 is 0. The van der Waals surface area contributed by atoms with Crippen LogP contribution >= 0.6 is 0 Å². The van der Waals surface area contributed by atoms with Gasteiger partial charge in [-0.25, -0.2) is 0 Å². The molecule has 2 heteroatoms. The van der Waals surface area contributed by atoms with Crippen LogP contribution in [-0.4, -0.2) is 14.1 Å². The number of hydrogen-bond donors (Lipinski definition) is 1. The van der Waals surface area contributed by atoms with Gasteiger partial charge in [-0.05, 0) is 14.1 Å². The Kier molecular flexibility index (Phi) is 65.0. The van der Waals surface area contributed by atoms with Crippen LogP contribution in [0.25, 0.3) is 0 Å². The Balaban J connectivity index is -0.0000000200. The van der Waals surface area contributed by atoms with E-state index in [1.807, 2.05) is 14.1 Å². The van der Waals surface area contributed by atoms with Crippen molar-refractivity contribution in [3.05, 3.63) is 7.43 Å². The molecule has 0 amide bonds. The van der Waals surface area contributed by atoms with E-state index in [1.54, 1.807) is 0 Å². The molecule has 1 radical (unpaired) electrons. The van der Waals surface area contributed by atoms with Crippen molar-refractivity contribution < 1.29 is 32.7 Å². The van der Waals surface area contributed by atoms with Crippen molar-refractivity contribution in [3.63, 3.8) is 0 Å². The van der Waals surface area contributed by atoms with Crippen LogP contribution in [0.4, 0.5) is 0 Å². The zero-order chi connectivity index (χ0) is 2.71. The predicted molar refractivity (Wildman–Crippen MR) is 21.4 cm³/mol. The van der Waals surface area contributed by atoms with Crippen LogP contribution in [0.5, 0.6) is 0 Å². The monoisotopic (exact) mass is 149 g/mol. The molecule has 0 heterocycles. The van der Waals surface area contributed by atoms with Gasteiger partial charge in [0.1, 0.15) is 0 Å². The smallest absolute Gasteiger partial charge is 0 e. The van der Waals surface area contributed by atoms with Crippen LogP contribution in [0.15, 0.2) is 0 Å². The molecule has 31 valence electrons. The van der Waals surface area contributed by atoms with Gasteiger partial charge in [0.2, 0.25) is 0 Å². The van der Waals surface area contributed by atoms with Gasteiger partial charge < -0.3 is 12.7 Å². The summed E-state index contributed by atoms with van der Waals surface area (Å²) in [7, 11) is 3.75. The minimum atomic E-state index is 0. The van der Waals surface area contributed by atoms with E-state index >= 15 is 0 Å². The van der Waals surface area contributed by atoms with Crippen molar-refractivity contribution in [2.75, 3.05) is 14.1 Å². The molecule has 5 heavy (non-hydrogen) atoms. The third-order valence-electron chi connectivity index (χ3n) is 0. The van der Waals surface area contributed by atoms with Crippen molar-refractivity contribution in [3.8, 4) is 0 Å². The molecule has 0 atom stereocenters. The van der Waals surface area contributed by atoms with Gasteiger partial charge in [-0.2, -0.15) is 0 Å². The number of hydrogen-bond acceptors (Lipinski definition) is 1. The second-order valence-electron chi connectivity index (χ2n) is 0.500. The first-order valence-electron chi connectivity index (χ1n) is 1.00. The summed E-state index contributed by atoms with van der Waals surface area (Å²) in [5.41, 5.74) is 0. The molecule has 0 aromatic carbocycles. The summed E-state index contributed by atoms with van der Waals surface area (Å²) < 4.78 is 0. The van der Waals surface area contributed by atoms with Crippen molar-refractivity contribution >= 4 is 0 Å². The molecule has 0 bridgehead atoms. The molecule has 1 nitrogen and oxygen atoms in total. The van der Waals surface area contributed by atoms with Crippen LogP contribution in [0.3, 0.4) is 0 Å². The topological polar surface area (TPSA) is 12.0 Å². The molecule has 0 aliphatic heterocycles. The SMILES string of the molecule is CNC.[CH3-].[Y]. The van der Waals surface area contributed by atoms with Gasteiger partial charge in [0.15, 0.2) is 0 Å². The van der Waals surface area contributed by atoms with Gasteiger partial charge in [-0.15, -0.1) is 0 Å². The molecule has 0 aromatic rings. The summed E-state index contributed by atoms with van der Waals surface area (Å²) in [4.78, 5) is 0. The summed E-state index contributed by atoms with van der Waals surface area (Å²) in [5.74, 6) is 0. The third kappa shape index (κ3) is 42.0. The average Bonchev–Trinajstić information content (AvgIpc) is 0.918. The van der Waals surface area contributed by atoms with Gasteiger partial charge in [0, 0.05) is 32.7 Å². The summed E-state index contributed by atoms with van der Waals surface area (Å²) in [6.07, 6.45) is 0. The fourth-order valence-electron chi connectivity index (χ4n) is 0. The van der Waals surface area contributed by atoms with Gasteiger partial charge in [0.05, 0.1) is 0 Å². The zero-order valence-corrected chi connectivity index (χ0v) is 6.92. The normalized spacial score (nSPS) is 3.60. The number of rotatable bonds is 0. The van der Waals surface area contributed by atoms with E-state index < -0.39 is 0 Å². The maximum atomic E-state index is 2.75. The van der Waals surface area contributed by atoms with Gasteiger partial charge in [0.25, 0.3) is 0 Å². The summed E-state index contributed by atoms with van der Waals surface area (Å²) in [6.45, 7) is 0. The molecule has 0 unspecified atom stereocenters. The largest absolute Gasteiger partial charge is 0.358 e. The van der Waals surface area contributed by atoms with E-state index in [9.17, 15) is 0 Å². The van der Waals surface area contributed by atoms with Gasteiger partial charge >= 0.3 is 0 Å². The van der Waals surface area contributed by atoms with Crippen LogP contribution in [0.1, 0.15) is 0 Å². The Bertz CT molecular complexity index is 6.85. The van der Waals surface area contributed by atoms with E-state index in [0.717, 1.165) is 0 Å². The Hall–Kier alpha value is 1.06. The average molecular weight is 149 g/mol. The molecule has 0 spiro atoms. The Morgan fingerprint density at radius 2 is 1.20 bits per heavy atom. The van der Waals surface area contributed by atoms with E-state index in [0.29, 0.717) is 0 Å². The van der Waals surface area contributed by atoms with Crippen molar-refractivity contribution in [2.24, 2.45) is 0 Å². The van der Waals surface area contributed by atoms with Crippen LogP contribution in [0, 0.1) is 7.43 Å². The fourth-order valence-corrected chi connectivity index (χ4v) is 0. The summed E-state index contributed by atoms with van der Waals surface area (Å²) in [5, 5.41) is 2.75. The molecule has 0 saturated carbocycles. The first-order chi connectivity index (χ1) is 1.41. The molecule has 0 saturated heterocycles. The molecular formula is C3H10NY-. The zero-order valence-electron chi connectivity index (χ0n) is 4.08. The Labute approximate surface area is 59.4 Å². The minimum absolute atomic E-state index is 0. The molecule has 0 fully saturated rings. The Morgan fingerprint density at radius 1 is 1.20 bits per heavy atom. The third-order valence-corrected chi connectivity index (χ3v) is 0. The molecule has 1 N–H and O–H groups in total. The maximum Gasteiger partial charge on any atom is 0 e. The van der Waals surface area contributed by atoms with Crippen LogP contribution < -0.4 is 5.32 Å². The van der Waals surface area contributed by atoms with Crippen LogP contribution in [-0.2, 0) is 32.7 Å². The summed E-state index contributed by atoms with van der Waals surface area (Å²) in [6, 6.07) is 0. The first-order valence-corrected chi connectivity index (χ1v) is 1.00. The first kappa shape index (κ1) is 16.6. The van der Waals surface area contributed by atoms with Crippen molar-refractivity contribution in [2.45, 2.75) is 0 Å². The van der Waals surface area contributed by atoms with E-state index in [1.165, 1.54) is 0 Å². The van der Waals surface area contributed by atoms with E-state index in [-0.39, 0.29) is 40.1 Å². The molecular weight excluding hydrogens is 139 g/mol. The van der Waals surface area contributed by atoms with E-state index in [2.05, 4.69) is 5.32 Å². The Morgan fingerprint density at radius 3 is 1.20 bits per heavy atom. The van der Waals surface area contributed by atoms with Gasteiger partial charge in [-0.3, -0.25) is 0 Å². The van der Waals surface area contributed by atoms with Crippen molar-refractivity contribution in [1.29, 1.82) is 0 Å². The fraction of sp³-hybridized carbons (Fsp3) is 0.667. The number of nitrogens with one attached hydrogen (secondary N) is 1.